The van der Waals surface area contributed by atoms with E-state index in [4.69, 9.17) is 25.1 Å². The van der Waals surface area contributed by atoms with Crippen LogP contribution in [0.15, 0.2) is 48.5 Å². The smallest absolute Gasteiger partial charge is 0.320 e. The first kappa shape index (κ1) is 32.7. The molecule has 0 saturated heterocycles. The molecule has 0 heterocycles. The fraction of sp³-hybridized carbons (Fsp3) is 0.370. The molecule has 0 bridgehead atoms. The number of aliphatic carboxylic acids is 1. The molecule has 2 rings (SSSR count). The lowest BCUT2D eigenvalue weighted by molar-refractivity contribution is -0.142. The van der Waals surface area contributed by atoms with Gasteiger partial charge >= 0.3 is 23.9 Å². The van der Waals surface area contributed by atoms with Crippen molar-refractivity contribution in [2.45, 2.75) is 52.7 Å². The van der Waals surface area contributed by atoms with Crippen LogP contribution in [-0.4, -0.2) is 54.1 Å². The van der Waals surface area contributed by atoms with E-state index in [1.54, 1.807) is 43.3 Å². The van der Waals surface area contributed by atoms with Crippen LogP contribution < -0.4 is 25.8 Å². The van der Waals surface area contributed by atoms with Crippen molar-refractivity contribution in [1.29, 1.82) is 0 Å². The molecule has 1 amide bonds. The van der Waals surface area contributed by atoms with Gasteiger partial charge in [0.25, 0.3) is 0 Å². The summed E-state index contributed by atoms with van der Waals surface area (Å²) in [4.78, 5) is 54.9. The van der Waals surface area contributed by atoms with Crippen molar-refractivity contribution in [1.82, 2.24) is 10.6 Å². The third-order valence-corrected chi connectivity index (χ3v) is 4.86. The second-order valence-corrected chi connectivity index (χ2v) is 8.09. The van der Waals surface area contributed by atoms with Gasteiger partial charge in [-0.25, -0.2) is 0 Å². The van der Waals surface area contributed by atoms with Crippen molar-refractivity contribution in [3.05, 3.63) is 59.7 Å². The van der Waals surface area contributed by atoms with Crippen LogP contribution in [0.1, 0.15) is 44.7 Å². The molecule has 2 aromatic rings. The summed E-state index contributed by atoms with van der Waals surface area (Å²) in [7, 11) is 0. The quantitative estimate of drug-likeness (QED) is 0.200. The van der Waals surface area contributed by atoms with Crippen molar-refractivity contribution in [3.63, 3.8) is 0 Å². The average molecular weight is 546 g/mol. The predicted octanol–water partition coefficient (Wildman–Crippen LogP) is 1.68. The minimum Gasteiger partial charge on any atom is -0.480 e. The molecule has 12 nitrogen and oxygen atoms in total. The summed E-state index contributed by atoms with van der Waals surface area (Å²) in [6.45, 7) is 5.52. The zero-order valence-electron chi connectivity index (χ0n) is 22.2. The largest absolute Gasteiger partial charge is 0.480 e. The molecule has 0 aliphatic heterocycles. The Balaban J connectivity index is 0.000000395. The zero-order valence-corrected chi connectivity index (χ0v) is 22.2. The second kappa shape index (κ2) is 18.0. The SMILES string of the molecule is CC(=O)Oc1ccccc1CN[C@@H](CCC(N)=O)C(=O)O.CCOC(=O)CNCc1ccccc1OC(C)=O. The lowest BCUT2D eigenvalue weighted by Crippen LogP contribution is -2.37. The van der Waals surface area contributed by atoms with Gasteiger partial charge in [-0.15, -0.1) is 0 Å². The average Bonchev–Trinajstić information content (AvgIpc) is 2.85. The summed E-state index contributed by atoms with van der Waals surface area (Å²) in [6.07, 6.45) is 0.0793. The molecule has 0 radical (unpaired) electrons. The molecular weight excluding hydrogens is 510 g/mol. The van der Waals surface area contributed by atoms with E-state index >= 15 is 0 Å². The summed E-state index contributed by atoms with van der Waals surface area (Å²) in [5.74, 6) is -1.87. The standard InChI is InChI=1S/C14H18N2O5.C13H17NO4/c1-9(17)21-12-5-3-2-4-10(12)8-16-11(14(19)20)6-7-13(15)18;1-3-17-13(16)9-14-8-11-6-4-5-7-12(11)18-10(2)15/h2-5,11,16H,6-8H2,1H3,(H2,15,18)(H,19,20);4-7,14H,3,8-9H2,1-2H3/t11-;/m0./s1. The highest BCUT2D eigenvalue weighted by atomic mass is 16.5. The number of rotatable bonds is 14. The van der Waals surface area contributed by atoms with Crippen LogP contribution in [0, 0.1) is 0 Å². The number of carbonyl (C=O) groups is 5. The number of amides is 1. The number of ether oxygens (including phenoxy) is 3. The first-order valence-corrected chi connectivity index (χ1v) is 12.2. The number of nitrogens with two attached hydrogens (primary N) is 1. The number of carboxylic acid groups (broad SMARTS) is 1. The molecular formula is C27H35N3O9. The van der Waals surface area contributed by atoms with Gasteiger partial charge in [0.2, 0.25) is 5.91 Å². The zero-order chi connectivity index (χ0) is 29.2. The van der Waals surface area contributed by atoms with E-state index in [9.17, 15) is 24.0 Å². The molecule has 0 saturated carbocycles. The highest BCUT2D eigenvalue weighted by Crippen LogP contribution is 2.19. The van der Waals surface area contributed by atoms with Gasteiger partial charge in [-0.2, -0.15) is 0 Å². The van der Waals surface area contributed by atoms with E-state index in [1.807, 2.05) is 12.1 Å². The number of esters is 3. The number of carboxylic acids is 1. The molecule has 0 aliphatic carbocycles. The van der Waals surface area contributed by atoms with Crippen LogP contribution in [0.25, 0.3) is 0 Å². The molecule has 39 heavy (non-hydrogen) atoms. The fourth-order valence-electron chi connectivity index (χ4n) is 3.15. The van der Waals surface area contributed by atoms with E-state index in [1.165, 1.54) is 13.8 Å². The maximum Gasteiger partial charge on any atom is 0.320 e. The normalized spacial score (nSPS) is 10.8. The van der Waals surface area contributed by atoms with Crippen LogP contribution >= 0.6 is 0 Å². The Bertz CT molecular complexity index is 1120. The Hall–Kier alpha value is -4.29. The van der Waals surface area contributed by atoms with Gasteiger partial charge in [0.15, 0.2) is 0 Å². The fourth-order valence-corrected chi connectivity index (χ4v) is 3.15. The number of primary amides is 1. The Morgan fingerprint density at radius 2 is 1.38 bits per heavy atom. The lowest BCUT2D eigenvalue weighted by atomic mass is 10.1. The van der Waals surface area contributed by atoms with E-state index in [-0.39, 0.29) is 37.9 Å². The third-order valence-electron chi connectivity index (χ3n) is 4.86. The van der Waals surface area contributed by atoms with Gasteiger partial charge in [-0.1, -0.05) is 36.4 Å². The van der Waals surface area contributed by atoms with Crippen LogP contribution in [0.3, 0.4) is 0 Å². The van der Waals surface area contributed by atoms with Crippen molar-refractivity contribution < 1.29 is 43.3 Å². The molecule has 0 fully saturated rings. The molecule has 0 aliphatic rings. The molecule has 0 spiro atoms. The van der Waals surface area contributed by atoms with E-state index in [0.29, 0.717) is 30.2 Å². The molecule has 2 aromatic carbocycles. The maximum absolute atomic E-state index is 11.1. The Labute approximate surface area is 226 Å². The Morgan fingerprint density at radius 3 is 1.85 bits per heavy atom. The minimum absolute atomic E-state index is 0.0183. The van der Waals surface area contributed by atoms with E-state index in [2.05, 4.69) is 10.6 Å². The Kier molecular flexibility index (Phi) is 15.1. The summed E-state index contributed by atoms with van der Waals surface area (Å²) < 4.78 is 14.9. The molecule has 1 atom stereocenters. The number of benzene rings is 2. The minimum atomic E-state index is -1.07. The van der Waals surface area contributed by atoms with Crippen molar-refractivity contribution >= 4 is 29.8 Å². The molecule has 12 heteroatoms. The van der Waals surface area contributed by atoms with Crippen molar-refractivity contribution in [2.24, 2.45) is 5.73 Å². The van der Waals surface area contributed by atoms with Crippen molar-refractivity contribution in [2.75, 3.05) is 13.2 Å². The lowest BCUT2D eigenvalue weighted by Gasteiger charge is -2.15. The summed E-state index contributed by atoms with van der Waals surface area (Å²) >= 11 is 0. The second-order valence-electron chi connectivity index (χ2n) is 8.09. The van der Waals surface area contributed by atoms with Gasteiger partial charge in [0, 0.05) is 44.5 Å². The number of carbonyl (C=O) groups excluding carboxylic acids is 4. The summed E-state index contributed by atoms with van der Waals surface area (Å²) in [6, 6.07) is 13.1. The predicted molar refractivity (Wildman–Crippen MR) is 141 cm³/mol. The summed E-state index contributed by atoms with van der Waals surface area (Å²) in [5, 5.41) is 14.8. The van der Waals surface area contributed by atoms with E-state index < -0.39 is 23.9 Å². The van der Waals surface area contributed by atoms with Crippen LogP contribution in [0.5, 0.6) is 11.5 Å². The highest BCUT2D eigenvalue weighted by Gasteiger charge is 2.18. The number of para-hydroxylation sites is 2. The maximum atomic E-state index is 11.1. The molecule has 0 aromatic heterocycles. The van der Waals surface area contributed by atoms with Crippen LogP contribution in [-0.2, 0) is 41.8 Å². The van der Waals surface area contributed by atoms with Crippen molar-refractivity contribution in [3.8, 4) is 11.5 Å². The molecule has 5 N–H and O–H groups in total. The van der Waals surface area contributed by atoms with Gasteiger partial charge in [0.05, 0.1) is 13.2 Å². The van der Waals surface area contributed by atoms with Gasteiger partial charge in [0.1, 0.15) is 17.5 Å². The molecule has 212 valence electrons. The summed E-state index contributed by atoms with van der Waals surface area (Å²) in [5.41, 5.74) is 6.48. The van der Waals surface area contributed by atoms with E-state index in [0.717, 1.165) is 5.56 Å². The topological polar surface area (TPSA) is 183 Å². The van der Waals surface area contributed by atoms with Gasteiger partial charge < -0.3 is 35.7 Å². The highest BCUT2D eigenvalue weighted by molar-refractivity contribution is 5.77. The first-order chi connectivity index (χ1) is 18.5. The Morgan fingerprint density at radius 1 is 0.872 bits per heavy atom. The third kappa shape index (κ3) is 14.3. The van der Waals surface area contributed by atoms with Crippen LogP contribution in [0.2, 0.25) is 0 Å². The first-order valence-electron chi connectivity index (χ1n) is 12.2. The van der Waals surface area contributed by atoms with Gasteiger partial charge in [-0.05, 0) is 25.5 Å². The molecule has 0 unspecified atom stereocenters. The number of hydrogen-bond donors (Lipinski definition) is 4. The number of nitrogens with one attached hydrogen (secondary N) is 2. The van der Waals surface area contributed by atoms with Crippen LogP contribution in [0.4, 0.5) is 0 Å². The number of hydrogen-bond acceptors (Lipinski definition) is 10. The van der Waals surface area contributed by atoms with Gasteiger partial charge in [-0.3, -0.25) is 24.0 Å². The monoisotopic (exact) mass is 545 g/mol.